The van der Waals surface area contributed by atoms with Crippen molar-refractivity contribution >= 4 is 5.97 Å². The van der Waals surface area contributed by atoms with Crippen molar-refractivity contribution in [1.29, 1.82) is 0 Å². The Morgan fingerprint density at radius 1 is 1.50 bits per heavy atom. The van der Waals surface area contributed by atoms with Crippen LogP contribution < -0.4 is 0 Å². The van der Waals surface area contributed by atoms with Gasteiger partial charge < -0.3 is 5.11 Å². The molecule has 1 heterocycles. The van der Waals surface area contributed by atoms with Gasteiger partial charge in [-0.1, -0.05) is 0 Å². The molecule has 88 valence electrons. The van der Waals surface area contributed by atoms with Gasteiger partial charge in [0.15, 0.2) is 0 Å². The molecule has 0 fully saturated rings. The van der Waals surface area contributed by atoms with E-state index in [2.05, 4.69) is 9.97 Å². The first-order valence-corrected chi connectivity index (χ1v) is 4.42. The summed E-state index contributed by atoms with van der Waals surface area (Å²) in [6.07, 6.45) is -4.60. The van der Waals surface area contributed by atoms with Crippen LogP contribution in [0.5, 0.6) is 0 Å². The molecular weight excluding hydrogens is 225 g/mol. The number of halogens is 3. The number of aromatic nitrogens is 2. The second kappa shape index (κ2) is 4.46. The molecule has 0 radical (unpaired) electrons. The van der Waals surface area contributed by atoms with Crippen LogP contribution in [0.15, 0.2) is 6.20 Å². The van der Waals surface area contributed by atoms with E-state index in [1.165, 1.54) is 6.92 Å². The van der Waals surface area contributed by atoms with E-state index < -0.39 is 18.6 Å². The molecule has 0 aliphatic heterocycles. The Bertz CT molecular complexity index is 404. The number of aromatic carboxylic acids is 1. The zero-order valence-corrected chi connectivity index (χ0v) is 8.38. The topological polar surface area (TPSA) is 63.1 Å². The Kier molecular flexibility index (Phi) is 3.46. The highest BCUT2D eigenvalue weighted by Gasteiger charge is 2.27. The van der Waals surface area contributed by atoms with Gasteiger partial charge in [0.05, 0.1) is 17.7 Å². The van der Waals surface area contributed by atoms with Gasteiger partial charge in [-0.3, -0.25) is 0 Å². The number of alkyl halides is 3. The quantitative estimate of drug-likeness (QED) is 0.868. The first-order valence-electron chi connectivity index (χ1n) is 4.42. The van der Waals surface area contributed by atoms with E-state index in [0.717, 1.165) is 6.20 Å². The molecule has 16 heavy (non-hydrogen) atoms. The highest BCUT2D eigenvalue weighted by molar-refractivity contribution is 5.88. The smallest absolute Gasteiger partial charge is 0.389 e. The number of aryl methyl sites for hydroxylation is 2. The Hall–Kier alpha value is -1.66. The minimum Gasteiger partial charge on any atom is -0.478 e. The van der Waals surface area contributed by atoms with E-state index >= 15 is 0 Å². The van der Waals surface area contributed by atoms with E-state index in [9.17, 15) is 18.0 Å². The minimum absolute atomic E-state index is 0.000162. The molecule has 0 aliphatic rings. The predicted molar refractivity (Wildman–Crippen MR) is 48.1 cm³/mol. The molecule has 1 N–H and O–H groups in total. The van der Waals surface area contributed by atoms with Crippen molar-refractivity contribution in [1.82, 2.24) is 9.97 Å². The summed E-state index contributed by atoms with van der Waals surface area (Å²) >= 11 is 0. The van der Waals surface area contributed by atoms with Crippen LogP contribution in [0.1, 0.15) is 28.3 Å². The van der Waals surface area contributed by atoms with Crippen LogP contribution in [-0.2, 0) is 6.42 Å². The second-order valence-electron chi connectivity index (χ2n) is 3.21. The first-order chi connectivity index (χ1) is 7.29. The SMILES string of the molecule is Cc1nc(CCC(F)(F)F)ncc1C(=O)O. The van der Waals surface area contributed by atoms with Crippen molar-refractivity contribution in [3.8, 4) is 0 Å². The number of hydrogen-bond acceptors (Lipinski definition) is 3. The first kappa shape index (κ1) is 12.4. The normalized spacial score (nSPS) is 11.5. The number of carboxylic acid groups (broad SMARTS) is 1. The molecule has 4 nitrogen and oxygen atoms in total. The molecular formula is C9H9F3N2O2. The fourth-order valence-corrected chi connectivity index (χ4v) is 1.10. The van der Waals surface area contributed by atoms with Gasteiger partial charge in [0.1, 0.15) is 5.82 Å². The van der Waals surface area contributed by atoms with E-state index in [1.807, 2.05) is 0 Å². The molecule has 1 aromatic heterocycles. The Labute approximate surface area is 89.1 Å². The van der Waals surface area contributed by atoms with Gasteiger partial charge in [-0.15, -0.1) is 0 Å². The second-order valence-corrected chi connectivity index (χ2v) is 3.21. The minimum atomic E-state index is -4.26. The molecule has 0 saturated heterocycles. The van der Waals surface area contributed by atoms with Crippen LogP contribution in [0.3, 0.4) is 0 Å². The van der Waals surface area contributed by atoms with Gasteiger partial charge in [0, 0.05) is 12.6 Å². The number of nitrogens with zero attached hydrogens (tertiary/aromatic N) is 2. The summed E-state index contributed by atoms with van der Waals surface area (Å²) in [6, 6.07) is 0. The van der Waals surface area contributed by atoms with Crippen molar-refractivity contribution in [2.75, 3.05) is 0 Å². The average molecular weight is 234 g/mol. The average Bonchev–Trinajstić information content (AvgIpc) is 2.13. The number of hydrogen-bond donors (Lipinski definition) is 1. The summed E-state index contributed by atoms with van der Waals surface area (Å²) in [6.45, 7) is 1.42. The van der Waals surface area contributed by atoms with E-state index in [0.29, 0.717) is 0 Å². The van der Waals surface area contributed by atoms with Crippen LogP contribution in [0.4, 0.5) is 13.2 Å². The summed E-state index contributed by atoms with van der Waals surface area (Å²) in [7, 11) is 0. The van der Waals surface area contributed by atoms with Crippen LogP contribution in [0.2, 0.25) is 0 Å². The van der Waals surface area contributed by atoms with E-state index in [1.54, 1.807) is 0 Å². The standard InChI is InChI=1S/C9H9F3N2O2/c1-5-6(8(15)16)4-13-7(14-5)2-3-9(10,11)12/h4H,2-3H2,1H3,(H,15,16). The summed E-state index contributed by atoms with van der Waals surface area (Å²) < 4.78 is 35.7. The van der Waals surface area contributed by atoms with Crippen molar-refractivity contribution in [3.63, 3.8) is 0 Å². The Morgan fingerprint density at radius 2 is 2.12 bits per heavy atom. The molecule has 0 aliphatic carbocycles. The van der Waals surface area contributed by atoms with Gasteiger partial charge in [-0.2, -0.15) is 13.2 Å². The van der Waals surface area contributed by atoms with Gasteiger partial charge in [-0.05, 0) is 6.92 Å². The summed E-state index contributed by atoms with van der Waals surface area (Å²) in [5.41, 5.74) is 0.0652. The molecule has 1 aromatic rings. The molecule has 0 aromatic carbocycles. The molecule has 0 spiro atoms. The molecule has 0 saturated carbocycles. The molecule has 1 rings (SSSR count). The number of rotatable bonds is 3. The lowest BCUT2D eigenvalue weighted by molar-refractivity contribution is -0.134. The third kappa shape index (κ3) is 3.48. The van der Waals surface area contributed by atoms with Crippen LogP contribution in [0.25, 0.3) is 0 Å². The Balaban J connectivity index is 2.78. The maximum atomic E-state index is 11.9. The lowest BCUT2D eigenvalue weighted by Gasteiger charge is -2.06. The number of carboxylic acids is 1. The summed E-state index contributed by atoms with van der Waals surface area (Å²) in [5, 5.41) is 8.66. The van der Waals surface area contributed by atoms with Gasteiger partial charge >= 0.3 is 12.1 Å². The Morgan fingerprint density at radius 3 is 2.56 bits per heavy atom. The van der Waals surface area contributed by atoms with Crippen LogP contribution >= 0.6 is 0 Å². The lowest BCUT2D eigenvalue weighted by atomic mass is 10.2. The fraction of sp³-hybridized carbons (Fsp3) is 0.444. The van der Waals surface area contributed by atoms with Crippen molar-refractivity contribution in [2.45, 2.75) is 25.9 Å². The molecule has 0 atom stereocenters. The molecule has 0 unspecified atom stereocenters. The van der Waals surface area contributed by atoms with Crippen LogP contribution in [-0.4, -0.2) is 27.2 Å². The van der Waals surface area contributed by atoms with Crippen molar-refractivity contribution in [2.24, 2.45) is 0 Å². The van der Waals surface area contributed by atoms with E-state index in [4.69, 9.17) is 5.11 Å². The van der Waals surface area contributed by atoms with Gasteiger partial charge in [0.2, 0.25) is 0 Å². The molecule has 7 heteroatoms. The van der Waals surface area contributed by atoms with Crippen LogP contribution in [0, 0.1) is 6.92 Å². The van der Waals surface area contributed by atoms with E-state index in [-0.39, 0.29) is 23.5 Å². The maximum Gasteiger partial charge on any atom is 0.389 e. The lowest BCUT2D eigenvalue weighted by Crippen LogP contribution is -2.12. The molecule has 0 bridgehead atoms. The summed E-state index contributed by atoms with van der Waals surface area (Å²) in [5.74, 6) is -1.19. The summed E-state index contributed by atoms with van der Waals surface area (Å²) in [4.78, 5) is 17.9. The monoisotopic (exact) mass is 234 g/mol. The largest absolute Gasteiger partial charge is 0.478 e. The highest BCUT2D eigenvalue weighted by atomic mass is 19.4. The number of carbonyl (C=O) groups is 1. The molecule has 0 amide bonds. The zero-order chi connectivity index (χ0) is 12.3. The van der Waals surface area contributed by atoms with Crippen molar-refractivity contribution < 1.29 is 23.1 Å². The maximum absolute atomic E-state index is 11.9. The van der Waals surface area contributed by atoms with Crippen molar-refractivity contribution in [3.05, 3.63) is 23.3 Å². The highest BCUT2D eigenvalue weighted by Crippen LogP contribution is 2.21. The predicted octanol–water partition coefficient (Wildman–Crippen LogP) is 1.98. The van der Waals surface area contributed by atoms with Gasteiger partial charge in [0.25, 0.3) is 0 Å². The van der Waals surface area contributed by atoms with Gasteiger partial charge in [-0.25, -0.2) is 14.8 Å². The zero-order valence-electron chi connectivity index (χ0n) is 8.38. The third-order valence-electron chi connectivity index (χ3n) is 1.89. The fourth-order valence-electron chi connectivity index (χ4n) is 1.10. The third-order valence-corrected chi connectivity index (χ3v) is 1.89.